The number of nitrogens with zero attached hydrogens (tertiary/aromatic N) is 1. The first-order valence-corrected chi connectivity index (χ1v) is 9.04. The number of likely N-dealkylation sites (tertiary alicyclic amines) is 1. The maximum atomic E-state index is 12.4. The summed E-state index contributed by atoms with van der Waals surface area (Å²) < 4.78 is 5.76. The SMILES string of the molecule is COC(c1ccccc1)C1CCN(C(=O)Cc2cccs2)CC1. The largest absolute Gasteiger partial charge is 0.376 e. The van der Waals surface area contributed by atoms with Crippen LogP contribution >= 0.6 is 11.3 Å². The first kappa shape index (κ1) is 16.2. The van der Waals surface area contributed by atoms with E-state index >= 15 is 0 Å². The van der Waals surface area contributed by atoms with Crippen LogP contribution in [-0.2, 0) is 16.0 Å². The van der Waals surface area contributed by atoms with Crippen molar-refractivity contribution in [3.63, 3.8) is 0 Å². The highest BCUT2D eigenvalue weighted by Gasteiger charge is 2.29. The molecule has 0 saturated carbocycles. The van der Waals surface area contributed by atoms with Gasteiger partial charge in [0, 0.05) is 25.1 Å². The normalized spacial score (nSPS) is 17.2. The van der Waals surface area contributed by atoms with Gasteiger partial charge in [-0.15, -0.1) is 11.3 Å². The standard InChI is InChI=1S/C19H23NO2S/c1-22-19(15-6-3-2-4-7-15)16-9-11-20(12-10-16)18(21)14-17-8-5-13-23-17/h2-8,13,16,19H,9-12,14H2,1H3. The molecule has 122 valence electrons. The highest BCUT2D eigenvalue weighted by molar-refractivity contribution is 7.10. The van der Waals surface area contributed by atoms with Crippen LogP contribution in [0.1, 0.15) is 29.4 Å². The Morgan fingerprint density at radius 1 is 1.22 bits per heavy atom. The van der Waals surface area contributed by atoms with Gasteiger partial charge in [0.1, 0.15) is 0 Å². The van der Waals surface area contributed by atoms with E-state index in [-0.39, 0.29) is 12.0 Å². The number of piperidine rings is 1. The zero-order chi connectivity index (χ0) is 16.1. The molecule has 1 unspecified atom stereocenters. The van der Waals surface area contributed by atoms with Crippen molar-refractivity contribution in [3.8, 4) is 0 Å². The van der Waals surface area contributed by atoms with Crippen LogP contribution in [0.15, 0.2) is 47.8 Å². The smallest absolute Gasteiger partial charge is 0.227 e. The fourth-order valence-electron chi connectivity index (χ4n) is 3.37. The Labute approximate surface area is 141 Å². The molecule has 3 rings (SSSR count). The van der Waals surface area contributed by atoms with Crippen LogP contribution in [0.2, 0.25) is 0 Å². The Morgan fingerprint density at radius 2 is 1.96 bits per heavy atom. The van der Waals surface area contributed by atoms with Crippen LogP contribution < -0.4 is 0 Å². The molecule has 0 N–H and O–H groups in total. The fraction of sp³-hybridized carbons (Fsp3) is 0.421. The first-order valence-electron chi connectivity index (χ1n) is 8.16. The average molecular weight is 329 g/mol. The molecular weight excluding hydrogens is 306 g/mol. The third kappa shape index (κ3) is 4.01. The summed E-state index contributed by atoms with van der Waals surface area (Å²) in [6.45, 7) is 1.67. The molecule has 1 saturated heterocycles. The number of methoxy groups -OCH3 is 1. The summed E-state index contributed by atoms with van der Waals surface area (Å²) in [6, 6.07) is 14.4. The molecule has 1 aliphatic heterocycles. The van der Waals surface area contributed by atoms with E-state index in [1.54, 1.807) is 18.4 Å². The lowest BCUT2D eigenvalue weighted by Gasteiger charge is -2.35. The Bertz CT molecular complexity index is 604. The van der Waals surface area contributed by atoms with Gasteiger partial charge in [-0.1, -0.05) is 36.4 Å². The van der Waals surface area contributed by atoms with Crippen LogP contribution in [0.3, 0.4) is 0 Å². The minimum atomic E-state index is 0.130. The number of hydrogen-bond acceptors (Lipinski definition) is 3. The van der Waals surface area contributed by atoms with E-state index in [9.17, 15) is 4.79 Å². The van der Waals surface area contributed by atoms with Crippen molar-refractivity contribution in [1.29, 1.82) is 0 Å². The molecule has 0 spiro atoms. The zero-order valence-electron chi connectivity index (χ0n) is 13.5. The van der Waals surface area contributed by atoms with Gasteiger partial charge in [-0.25, -0.2) is 0 Å². The lowest BCUT2D eigenvalue weighted by molar-refractivity contribution is -0.132. The Hall–Kier alpha value is -1.65. The highest BCUT2D eigenvalue weighted by Crippen LogP contribution is 2.33. The fourth-order valence-corrected chi connectivity index (χ4v) is 4.06. The molecule has 2 aromatic rings. The van der Waals surface area contributed by atoms with E-state index in [0.29, 0.717) is 12.3 Å². The maximum absolute atomic E-state index is 12.4. The molecule has 4 heteroatoms. The number of benzene rings is 1. The lowest BCUT2D eigenvalue weighted by atomic mass is 9.87. The van der Waals surface area contributed by atoms with E-state index in [1.807, 2.05) is 28.5 Å². The molecule has 1 atom stereocenters. The Balaban J connectivity index is 1.56. The van der Waals surface area contributed by atoms with Crippen molar-refractivity contribution in [2.45, 2.75) is 25.4 Å². The molecule has 0 bridgehead atoms. The van der Waals surface area contributed by atoms with Crippen LogP contribution in [0.4, 0.5) is 0 Å². The topological polar surface area (TPSA) is 29.5 Å². The van der Waals surface area contributed by atoms with E-state index in [1.165, 1.54) is 5.56 Å². The third-order valence-electron chi connectivity index (χ3n) is 4.61. The van der Waals surface area contributed by atoms with Crippen molar-refractivity contribution in [2.24, 2.45) is 5.92 Å². The molecule has 1 aromatic carbocycles. The highest BCUT2D eigenvalue weighted by atomic mass is 32.1. The van der Waals surface area contributed by atoms with Crippen LogP contribution in [0, 0.1) is 5.92 Å². The maximum Gasteiger partial charge on any atom is 0.227 e. The summed E-state index contributed by atoms with van der Waals surface area (Å²) in [5.74, 6) is 0.729. The Morgan fingerprint density at radius 3 is 2.57 bits per heavy atom. The molecule has 1 aromatic heterocycles. The van der Waals surface area contributed by atoms with Crippen molar-refractivity contribution < 1.29 is 9.53 Å². The van der Waals surface area contributed by atoms with Crippen molar-refractivity contribution >= 4 is 17.2 Å². The molecule has 2 heterocycles. The second-order valence-corrected chi connectivity index (χ2v) is 7.07. The summed E-state index contributed by atoms with van der Waals surface area (Å²) in [4.78, 5) is 15.5. The van der Waals surface area contributed by atoms with Gasteiger partial charge in [0.25, 0.3) is 0 Å². The van der Waals surface area contributed by atoms with Gasteiger partial charge in [0.2, 0.25) is 5.91 Å². The average Bonchev–Trinajstić information content (AvgIpc) is 3.10. The molecule has 0 radical (unpaired) electrons. The first-order chi connectivity index (χ1) is 11.3. The van der Waals surface area contributed by atoms with Gasteiger partial charge in [0.15, 0.2) is 0 Å². The molecule has 1 amide bonds. The number of carbonyl (C=O) groups is 1. The minimum absolute atomic E-state index is 0.130. The van der Waals surface area contributed by atoms with Gasteiger partial charge < -0.3 is 9.64 Å². The Kier molecular flexibility index (Phi) is 5.47. The van der Waals surface area contributed by atoms with Gasteiger partial charge >= 0.3 is 0 Å². The number of rotatable bonds is 5. The van der Waals surface area contributed by atoms with Gasteiger partial charge in [-0.05, 0) is 35.8 Å². The van der Waals surface area contributed by atoms with Crippen molar-refractivity contribution in [1.82, 2.24) is 4.90 Å². The predicted molar refractivity (Wildman–Crippen MR) is 93.5 cm³/mol. The number of amides is 1. The summed E-state index contributed by atoms with van der Waals surface area (Å²) in [5.41, 5.74) is 1.23. The number of thiophene rings is 1. The van der Waals surface area contributed by atoms with Gasteiger partial charge in [-0.3, -0.25) is 4.79 Å². The predicted octanol–water partition coefficient (Wildman–Crippen LogP) is 3.92. The van der Waals surface area contributed by atoms with Crippen LogP contribution in [0.5, 0.6) is 0 Å². The summed E-state index contributed by atoms with van der Waals surface area (Å²) in [5, 5.41) is 2.03. The molecule has 3 nitrogen and oxygen atoms in total. The van der Waals surface area contributed by atoms with E-state index in [0.717, 1.165) is 30.8 Å². The summed E-state index contributed by atoms with van der Waals surface area (Å²) in [6.07, 6.45) is 2.67. The van der Waals surface area contributed by atoms with Crippen LogP contribution in [0.25, 0.3) is 0 Å². The van der Waals surface area contributed by atoms with Gasteiger partial charge in [0.05, 0.1) is 12.5 Å². The molecule has 1 fully saturated rings. The van der Waals surface area contributed by atoms with Crippen molar-refractivity contribution in [3.05, 3.63) is 58.3 Å². The number of carbonyl (C=O) groups excluding carboxylic acids is 1. The lowest BCUT2D eigenvalue weighted by Crippen LogP contribution is -2.40. The summed E-state index contributed by atoms with van der Waals surface area (Å²) in [7, 11) is 1.78. The molecule has 0 aliphatic carbocycles. The monoisotopic (exact) mass is 329 g/mol. The molecule has 1 aliphatic rings. The number of hydrogen-bond donors (Lipinski definition) is 0. The quantitative estimate of drug-likeness (QED) is 0.832. The zero-order valence-corrected chi connectivity index (χ0v) is 14.3. The van der Waals surface area contributed by atoms with E-state index in [2.05, 4.69) is 24.3 Å². The second-order valence-electron chi connectivity index (χ2n) is 6.04. The molecular formula is C19H23NO2S. The third-order valence-corrected chi connectivity index (χ3v) is 5.48. The van der Waals surface area contributed by atoms with Crippen LogP contribution in [-0.4, -0.2) is 31.0 Å². The van der Waals surface area contributed by atoms with Gasteiger partial charge in [-0.2, -0.15) is 0 Å². The van der Waals surface area contributed by atoms with E-state index in [4.69, 9.17) is 4.74 Å². The van der Waals surface area contributed by atoms with Crippen molar-refractivity contribution in [2.75, 3.05) is 20.2 Å². The minimum Gasteiger partial charge on any atom is -0.376 e. The van der Waals surface area contributed by atoms with E-state index < -0.39 is 0 Å². The summed E-state index contributed by atoms with van der Waals surface area (Å²) >= 11 is 1.65. The molecule has 23 heavy (non-hydrogen) atoms. The number of ether oxygens (including phenoxy) is 1. The second kappa shape index (κ2) is 7.75.